The molecule has 2 aromatic carbocycles. The molecule has 4 rings (SSSR count). The Morgan fingerprint density at radius 1 is 0.929 bits per heavy atom. The molecule has 0 bridgehead atoms. The molecule has 4 aromatic rings. The Kier molecular flexibility index (Phi) is 9.42. The molecule has 0 saturated heterocycles. The molecule has 0 atom stereocenters. The van der Waals surface area contributed by atoms with Gasteiger partial charge in [-0.05, 0) is 47.4 Å². The van der Waals surface area contributed by atoms with E-state index in [9.17, 15) is 13.2 Å². The van der Waals surface area contributed by atoms with Crippen molar-refractivity contribution in [2.24, 2.45) is 0 Å². The van der Waals surface area contributed by atoms with Gasteiger partial charge in [-0.15, -0.1) is 0 Å². The quantitative estimate of drug-likeness (QED) is 0.216. The number of benzene rings is 2. The van der Waals surface area contributed by atoms with Gasteiger partial charge in [0.25, 0.3) is 15.9 Å². The highest BCUT2D eigenvalue weighted by Crippen LogP contribution is 2.37. The molecule has 13 heteroatoms. The van der Waals surface area contributed by atoms with Gasteiger partial charge in [0, 0.05) is 24.1 Å². The highest BCUT2D eigenvalue weighted by molar-refractivity contribution is 7.92. The summed E-state index contributed by atoms with van der Waals surface area (Å²) in [5, 5.41) is 2.56. The van der Waals surface area contributed by atoms with E-state index in [4.69, 9.17) is 18.9 Å². The minimum Gasteiger partial charge on any atom is -0.497 e. The monoisotopic (exact) mass is 593 g/mol. The maximum absolute atomic E-state index is 13.3. The van der Waals surface area contributed by atoms with Gasteiger partial charge < -0.3 is 18.9 Å². The lowest BCUT2D eigenvalue weighted by atomic mass is 9.87. The standard InChI is InChI=1S/C29H31N5O7S/c1-29(2,3)20-8-10-24(11-9-20)42(36,37)34-26-25(41-23-7-5-6-22(18-23)38-4)27(32-19-31-26)39-16-17-40-28(35)33-21-12-14-30-15-13-21/h5-15,18-19H,16-17H2,1-4H3,(H,30,33,35)(H,31,32,34). The lowest BCUT2D eigenvalue weighted by Gasteiger charge is -2.19. The van der Waals surface area contributed by atoms with Crippen LogP contribution in [0, 0.1) is 0 Å². The smallest absolute Gasteiger partial charge is 0.411 e. The van der Waals surface area contributed by atoms with E-state index in [-0.39, 0.29) is 41.0 Å². The zero-order valence-electron chi connectivity index (χ0n) is 23.5. The molecule has 42 heavy (non-hydrogen) atoms. The molecular weight excluding hydrogens is 562 g/mol. The molecule has 0 aliphatic rings. The predicted octanol–water partition coefficient (Wildman–Crippen LogP) is 5.40. The largest absolute Gasteiger partial charge is 0.497 e. The molecule has 220 valence electrons. The molecule has 0 radical (unpaired) electrons. The Bertz CT molecular complexity index is 1610. The topological polar surface area (TPSA) is 151 Å². The molecule has 2 aromatic heterocycles. The molecule has 0 spiro atoms. The summed E-state index contributed by atoms with van der Waals surface area (Å²) in [6.07, 6.45) is 3.51. The number of hydrogen-bond acceptors (Lipinski definition) is 10. The number of amides is 1. The lowest BCUT2D eigenvalue weighted by molar-refractivity contribution is 0.135. The van der Waals surface area contributed by atoms with Gasteiger partial charge in [-0.2, -0.15) is 4.98 Å². The summed E-state index contributed by atoms with van der Waals surface area (Å²) in [7, 11) is -2.56. The van der Waals surface area contributed by atoms with E-state index in [0.29, 0.717) is 17.2 Å². The summed E-state index contributed by atoms with van der Waals surface area (Å²) >= 11 is 0. The zero-order chi connectivity index (χ0) is 30.2. The fourth-order valence-electron chi connectivity index (χ4n) is 3.59. The number of sulfonamides is 1. The summed E-state index contributed by atoms with van der Waals surface area (Å²) < 4.78 is 51.2. The second-order valence-corrected chi connectivity index (χ2v) is 11.5. The normalized spacial score (nSPS) is 11.3. The number of hydrogen-bond donors (Lipinski definition) is 2. The van der Waals surface area contributed by atoms with Crippen molar-refractivity contribution in [3.05, 3.63) is 84.9 Å². The average Bonchev–Trinajstić information content (AvgIpc) is 2.97. The van der Waals surface area contributed by atoms with Gasteiger partial charge in [0.1, 0.15) is 31.0 Å². The number of nitrogens with zero attached hydrogens (tertiary/aromatic N) is 3. The van der Waals surface area contributed by atoms with Gasteiger partial charge in [0.2, 0.25) is 5.75 Å². The van der Waals surface area contributed by atoms with Crippen molar-refractivity contribution in [1.29, 1.82) is 0 Å². The third kappa shape index (κ3) is 8.07. The van der Waals surface area contributed by atoms with Crippen LogP contribution in [0.25, 0.3) is 0 Å². The average molecular weight is 594 g/mol. The summed E-state index contributed by atoms with van der Waals surface area (Å²) in [5.74, 6) is 0.506. The van der Waals surface area contributed by atoms with Crippen molar-refractivity contribution in [2.75, 3.05) is 30.4 Å². The second kappa shape index (κ2) is 13.2. The summed E-state index contributed by atoms with van der Waals surface area (Å²) in [6, 6.07) is 16.5. The van der Waals surface area contributed by atoms with Crippen molar-refractivity contribution in [3.63, 3.8) is 0 Å². The molecule has 2 N–H and O–H groups in total. The van der Waals surface area contributed by atoms with E-state index in [1.165, 1.54) is 31.6 Å². The molecule has 0 fully saturated rings. The van der Waals surface area contributed by atoms with Crippen LogP contribution in [0.3, 0.4) is 0 Å². The van der Waals surface area contributed by atoms with Gasteiger partial charge in [-0.3, -0.25) is 15.0 Å². The van der Waals surface area contributed by atoms with E-state index < -0.39 is 16.1 Å². The Labute approximate surface area is 244 Å². The minimum absolute atomic E-state index is 0.0394. The van der Waals surface area contributed by atoms with Gasteiger partial charge in [-0.25, -0.2) is 18.2 Å². The molecular formula is C29H31N5O7S. The van der Waals surface area contributed by atoms with E-state index >= 15 is 0 Å². The van der Waals surface area contributed by atoms with Crippen LogP contribution in [-0.2, 0) is 20.2 Å². The van der Waals surface area contributed by atoms with Crippen LogP contribution < -0.4 is 24.2 Å². The van der Waals surface area contributed by atoms with E-state index in [0.717, 1.165) is 11.9 Å². The first kappa shape index (κ1) is 30.1. The summed E-state index contributed by atoms with van der Waals surface area (Å²) in [6.45, 7) is 5.86. The van der Waals surface area contributed by atoms with Crippen LogP contribution in [0.5, 0.6) is 23.1 Å². The van der Waals surface area contributed by atoms with Crippen LogP contribution in [0.4, 0.5) is 16.3 Å². The van der Waals surface area contributed by atoms with Crippen molar-refractivity contribution >= 4 is 27.6 Å². The fraction of sp³-hybridized carbons (Fsp3) is 0.241. The van der Waals surface area contributed by atoms with Gasteiger partial charge >= 0.3 is 6.09 Å². The zero-order valence-corrected chi connectivity index (χ0v) is 24.3. The molecule has 12 nitrogen and oxygen atoms in total. The number of nitrogens with one attached hydrogen (secondary N) is 2. The molecule has 0 aliphatic carbocycles. The number of anilines is 2. The fourth-order valence-corrected chi connectivity index (χ4v) is 4.60. The highest BCUT2D eigenvalue weighted by Gasteiger charge is 2.23. The van der Waals surface area contributed by atoms with Gasteiger partial charge in [0.15, 0.2) is 5.82 Å². The maximum Gasteiger partial charge on any atom is 0.411 e. The summed E-state index contributed by atoms with van der Waals surface area (Å²) in [5.41, 5.74) is 1.36. The van der Waals surface area contributed by atoms with Crippen molar-refractivity contribution in [3.8, 4) is 23.1 Å². The van der Waals surface area contributed by atoms with Gasteiger partial charge in [-0.1, -0.05) is 39.0 Å². The number of pyridine rings is 1. The number of carbonyl (C=O) groups excluding carboxylic acids is 1. The lowest BCUT2D eigenvalue weighted by Crippen LogP contribution is -2.18. The second-order valence-electron chi connectivity index (χ2n) is 9.86. The number of rotatable bonds is 11. The first-order valence-corrected chi connectivity index (χ1v) is 14.3. The Hall–Kier alpha value is -4.91. The van der Waals surface area contributed by atoms with Crippen molar-refractivity contribution < 1.29 is 32.2 Å². The Morgan fingerprint density at radius 2 is 1.64 bits per heavy atom. The summed E-state index contributed by atoms with van der Waals surface area (Å²) in [4.78, 5) is 24.2. The molecule has 0 unspecified atom stereocenters. The maximum atomic E-state index is 13.3. The molecule has 0 saturated carbocycles. The van der Waals surface area contributed by atoms with E-state index in [1.807, 2.05) is 20.8 Å². The first-order chi connectivity index (χ1) is 20.0. The Morgan fingerprint density at radius 3 is 2.33 bits per heavy atom. The van der Waals surface area contributed by atoms with Gasteiger partial charge in [0.05, 0.1) is 12.0 Å². The van der Waals surface area contributed by atoms with Crippen LogP contribution in [0.1, 0.15) is 26.3 Å². The van der Waals surface area contributed by atoms with Crippen molar-refractivity contribution in [2.45, 2.75) is 31.1 Å². The number of carbonyl (C=O) groups is 1. The molecule has 0 aliphatic heterocycles. The van der Waals surface area contributed by atoms with E-state index in [2.05, 4.69) is 25.0 Å². The number of methoxy groups -OCH3 is 1. The van der Waals surface area contributed by atoms with Crippen LogP contribution in [0.15, 0.2) is 84.3 Å². The minimum atomic E-state index is -4.07. The van der Waals surface area contributed by atoms with E-state index in [1.54, 1.807) is 48.5 Å². The van der Waals surface area contributed by atoms with Crippen molar-refractivity contribution in [1.82, 2.24) is 15.0 Å². The predicted molar refractivity (Wildman–Crippen MR) is 156 cm³/mol. The molecule has 2 heterocycles. The van der Waals surface area contributed by atoms with Crippen LogP contribution in [0.2, 0.25) is 0 Å². The SMILES string of the molecule is COc1cccc(Oc2c(NS(=O)(=O)c3ccc(C(C)(C)C)cc3)ncnc2OCCOC(=O)Nc2ccncc2)c1. The third-order valence-electron chi connectivity index (χ3n) is 5.78. The van der Waals surface area contributed by atoms with Crippen LogP contribution in [-0.4, -0.2) is 49.8 Å². The van der Waals surface area contributed by atoms with Crippen LogP contribution >= 0.6 is 0 Å². The number of ether oxygens (including phenoxy) is 4. The Balaban J connectivity index is 1.54. The highest BCUT2D eigenvalue weighted by atomic mass is 32.2. The third-order valence-corrected chi connectivity index (χ3v) is 7.13. The molecule has 1 amide bonds. The first-order valence-electron chi connectivity index (χ1n) is 12.8. The number of aromatic nitrogens is 3.